The van der Waals surface area contributed by atoms with Gasteiger partial charge in [-0.3, -0.25) is 0 Å². The Hall–Kier alpha value is -1.06. The number of ether oxygens (including phenoxy) is 1. The Morgan fingerprint density at radius 3 is 2.39 bits per heavy atom. The number of rotatable bonds is 6. The summed E-state index contributed by atoms with van der Waals surface area (Å²) >= 11 is 0. The molecule has 0 radical (unpaired) electrons. The fourth-order valence-electron chi connectivity index (χ4n) is 1.49. The van der Waals surface area contributed by atoms with E-state index in [2.05, 4.69) is 5.32 Å². The summed E-state index contributed by atoms with van der Waals surface area (Å²) in [5.41, 5.74) is 0.797. The zero-order valence-corrected chi connectivity index (χ0v) is 12.0. The molecule has 0 bridgehead atoms. The lowest BCUT2D eigenvalue weighted by molar-refractivity contribution is 0.0953. The fourth-order valence-corrected chi connectivity index (χ4v) is 1.49. The summed E-state index contributed by atoms with van der Waals surface area (Å²) in [6.45, 7) is 10.5. The predicted octanol–water partition coefficient (Wildman–Crippen LogP) is 2.72. The smallest absolute Gasteiger partial charge is 0.124 e. The first kappa shape index (κ1) is 15.0. The summed E-state index contributed by atoms with van der Waals surface area (Å²) in [5.74, 6) is 0.904. The van der Waals surface area contributed by atoms with Gasteiger partial charge in [0.05, 0.1) is 12.2 Å². The number of para-hydroxylation sites is 1. The SMILES string of the molecule is CC(C)Oc1ccccc1CNC(C)(C)C(C)O. The highest BCUT2D eigenvalue weighted by molar-refractivity contribution is 5.33. The van der Waals surface area contributed by atoms with E-state index in [1.165, 1.54) is 0 Å². The first-order chi connectivity index (χ1) is 8.33. The molecule has 3 nitrogen and oxygen atoms in total. The molecule has 1 atom stereocenters. The number of hydrogen-bond donors (Lipinski definition) is 2. The Bertz CT molecular complexity index is 373. The molecular formula is C15H25NO2. The minimum absolute atomic E-state index is 0.163. The van der Waals surface area contributed by atoms with Crippen molar-refractivity contribution in [2.24, 2.45) is 0 Å². The van der Waals surface area contributed by atoms with E-state index in [-0.39, 0.29) is 11.6 Å². The number of aliphatic hydroxyl groups excluding tert-OH is 1. The second kappa shape index (κ2) is 6.21. The maximum absolute atomic E-state index is 9.68. The molecule has 0 fully saturated rings. The van der Waals surface area contributed by atoms with Gasteiger partial charge in [-0.2, -0.15) is 0 Å². The predicted molar refractivity (Wildman–Crippen MR) is 74.8 cm³/mol. The van der Waals surface area contributed by atoms with E-state index in [1.54, 1.807) is 6.92 Å². The van der Waals surface area contributed by atoms with Crippen LogP contribution < -0.4 is 10.1 Å². The van der Waals surface area contributed by atoms with Crippen molar-refractivity contribution in [3.8, 4) is 5.75 Å². The zero-order valence-electron chi connectivity index (χ0n) is 12.0. The third-order valence-corrected chi connectivity index (χ3v) is 3.11. The van der Waals surface area contributed by atoms with E-state index >= 15 is 0 Å². The number of benzene rings is 1. The molecule has 0 aromatic heterocycles. The van der Waals surface area contributed by atoms with Crippen LogP contribution in [0.1, 0.15) is 40.2 Å². The molecule has 0 spiro atoms. The molecule has 1 rings (SSSR count). The van der Waals surface area contributed by atoms with Crippen molar-refractivity contribution in [3.63, 3.8) is 0 Å². The third kappa shape index (κ3) is 4.31. The molecule has 2 N–H and O–H groups in total. The minimum atomic E-state index is -0.407. The summed E-state index contributed by atoms with van der Waals surface area (Å²) in [7, 11) is 0. The Morgan fingerprint density at radius 2 is 1.83 bits per heavy atom. The van der Waals surface area contributed by atoms with Crippen LogP contribution in [-0.2, 0) is 6.54 Å². The summed E-state index contributed by atoms with van der Waals surface area (Å²) in [4.78, 5) is 0. The standard InChI is InChI=1S/C15H25NO2/c1-11(2)18-14-9-7-6-8-13(14)10-16-15(4,5)12(3)17/h6-9,11-12,16-17H,10H2,1-5H3. The van der Waals surface area contributed by atoms with Gasteiger partial charge in [0.15, 0.2) is 0 Å². The second-order valence-corrected chi connectivity index (χ2v) is 5.53. The maximum atomic E-state index is 9.68. The molecule has 1 unspecified atom stereocenters. The minimum Gasteiger partial charge on any atom is -0.491 e. The van der Waals surface area contributed by atoms with Crippen LogP contribution in [0, 0.1) is 0 Å². The van der Waals surface area contributed by atoms with Crippen LogP contribution in [0.4, 0.5) is 0 Å². The molecule has 0 heterocycles. The highest BCUT2D eigenvalue weighted by Crippen LogP contribution is 2.20. The van der Waals surface area contributed by atoms with Gasteiger partial charge in [0.25, 0.3) is 0 Å². The van der Waals surface area contributed by atoms with Gasteiger partial charge in [-0.15, -0.1) is 0 Å². The van der Waals surface area contributed by atoms with Crippen LogP contribution in [0.2, 0.25) is 0 Å². The molecule has 1 aromatic rings. The van der Waals surface area contributed by atoms with Crippen molar-refractivity contribution >= 4 is 0 Å². The van der Waals surface area contributed by atoms with Gasteiger partial charge in [0.1, 0.15) is 5.75 Å². The Morgan fingerprint density at radius 1 is 1.22 bits per heavy atom. The first-order valence-electron chi connectivity index (χ1n) is 6.50. The van der Waals surface area contributed by atoms with Crippen LogP contribution >= 0.6 is 0 Å². The second-order valence-electron chi connectivity index (χ2n) is 5.53. The lowest BCUT2D eigenvalue weighted by Gasteiger charge is -2.30. The number of nitrogens with one attached hydrogen (secondary N) is 1. The van der Waals surface area contributed by atoms with E-state index < -0.39 is 6.10 Å². The van der Waals surface area contributed by atoms with Crippen molar-refractivity contribution in [2.75, 3.05) is 0 Å². The summed E-state index contributed by atoms with van der Waals surface area (Å²) in [5, 5.41) is 13.0. The van der Waals surface area contributed by atoms with E-state index in [4.69, 9.17) is 4.74 Å². The van der Waals surface area contributed by atoms with Crippen LogP contribution in [0.5, 0.6) is 5.75 Å². The van der Waals surface area contributed by atoms with Crippen LogP contribution in [0.15, 0.2) is 24.3 Å². The van der Waals surface area contributed by atoms with E-state index in [9.17, 15) is 5.11 Å². The summed E-state index contributed by atoms with van der Waals surface area (Å²) in [6, 6.07) is 8.00. The molecule has 0 aliphatic heterocycles. The Labute approximate surface area is 110 Å². The normalized spacial score (nSPS) is 13.7. The first-order valence-corrected chi connectivity index (χ1v) is 6.50. The van der Waals surface area contributed by atoms with Gasteiger partial charge in [-0.05, 0) is 40.7 Å². The molecule has 0 amide bonds. The van der Waals surface area contributed by atoms with Gasteiger partial charge in [-0.1, -0.05) is 18.2 Å². The molecule has 0 aliphatic rings. The Kier molecular flexibility index (Phi) is 5.17. The van der Waals surface area contributed by atoms with Crippen molar-refractivity contribution in [3.05, 3.63) is 29.8 Å². The molecule has 0 aliphatic carbocycles. The molecular weight excluding hydrogens is 226 g/mol. The summed E-state index contributed by atoms with van der Waals surface area (Å²) < 4.78 is 5.77. The number of hydrogen-bond acceptors (Lipinski definition) is 3. The largest absolute Gasteiger partial charge is 0.491 e. The lowest BCUT2D eigenvalue weighted by atomic mass is 9.98. The van der Waals surface area contributed by atoms with Gasteiger partial charge < -0.3 is 15.2 Å². The molecule has 18 heavy (non-hydrogen) atoms. The van der Waals surface area contributed by atoms with Gasteiger partial charge in [0.2, 0.25) is 0 Å². The van der Waals surface area contributed by atoms with Crippen LogP contribution in [-0.4, -0.2) is 22.9 Å². The highest BCUT2D eigenvalue weighted by Gasteiger charge is 2.23. The topological polar surface area (TPSA) is 41.5 Å². The van der Waals surface area contributed by atoms with E-state index in [0.29, 0.717) is 6.54 Å². The van der Waals surface area contributed by atoms with Crippen molar-refractivity contribution in [1.29, 1.82) is 0 Å². The van der Waals surface area contributed by atoms with E-state index in [1.807, 2.05) is 52.0 Å². The highest BCUT2D eigenvalue weighted by atomic mass is 16.5. The van der Waals surface area contributed by atoms with Crippen LogP contribution in [0.25, 0.3) is 0 Å². The monoisotopic (exact) mass is 251 g/mol. The van der Waals surface area contributed by atoms with Crippen molar-refractivity contribution < 1.29 is 9.84 Å². The zero-order chi connectivity index (χ0) is 13.8. The van der Waals surface area contributed by atoms with Crippen molar-refractivity contribution in [2.45, 2.75) is 58.9 Å². The lowest BCUT2D eigenvalue weighted by Crippen LogP contribution is -2.47. The van der Waals surface area contributed by atoms with Gasteiger partial charge in [-0.25, -0.2) is 0 Å². The summed E-state index contributed by atoms with van der Waals surface area (Å²) in [6.07, 6.45) is -0.244. The van der Waals surface area contributed by atoms with Crippen molar-refractivity contribution in [1.82, 2.24) is 5.32 Å². The molecule has 0 saturated carbocycles. The molecule has 1 aromatic carbocycles. The van der Waals surface area contributed by atoms with Crippen LogP contribution in [0.3, 0.4) is 0 Å². The quantitative estimate of drug-likeness (QED) is 0.817. The van der Waals surface area contributed by atoms with E-state index in [0.717, 1.165) is 11.3 Å². The third-order valence-electron chi connectivity index (χ3n) is 3.11. The maximum Gasteiger partial charge on any atom is 0.124 e. The van der Waals surface area contributed by atoms with Gasteiger partial charge >= 0.3 is 0 Å². The Balaban J connectivity index is 2.73. The molecule has 0 saturated heterocycles. The number of aliphatic hydroxyl groups is 1. The van der Waals surface area contributed by atoms with Gasteiger partial charge in [0, 0.05) is 17.6 Å². The average molecular weight is 251 g/mol. The average Bonchev–Trinajstić information content (AvgIpc) is 2.27. The molecule has 3 heteroatoms. The molecule has 102 valence electrons. The fraction of sp³-hybridized carbons (Fsp3) is 0.600.